The summed E-state index contributed by atoms with van der Waals surface area (Å²) in [6.45, 7) is 0. The van der Waals surface area contributed by atoms with Crippen LogP contribution in [0, 0.1) is 0 Å². The maximum absolute atomic E-state index is 12.5. The zero-order valence-electron chi connectivity index (χ0n) is 14.4. The summed E-state index contributed by atoms with van der Waals surface area (Å²) in [5.74, 6) is 0.273. The van der Waals surface area contributed by atoms with Crippen LogP contribution in [0.25, 0.3) is 0 Å². The Hall–Kier alpha value is -3.19. The van der Waals surface area contributed by atoms with Crippen molar-refractivity contribution < 1.29 is 14.3 Å². The van der Waals surface area contributed by atoms with Gasteiger partial charge in [-0.05, 0) is 58.4 Å². The Bertz CT molecular complexity index is 974. The number of anilines is 2. The largest absolute Gasteiger partial charge is 0.496 e. The van der Waals surface area contributed by atoms with Crippen LogP contribution in [0.4, 0.5) is 11.5 Å². The number of amides is 2. The number of carbonyl (C=O) groups is 2. The number of nitrogens with one attached hydrogen (secondary N) is 2. The second-order valence-electron chi connectivity index (χ2n) is 5.55. The van der Waals surface area contributed by atoms with Gasteiger partial charge in [-0.3, -0.25) is 9.59 Å². The van der Waals surface area contributed by atoms with E-state index < -0.39 is 0 Å². The van der Waals surface area contributed by atoms with Crippen molar-refractivity contribution in [3.05, 3.63) is 82.5 Å². The molecule has 0 fully saturated rings. The molecule has 1 aromatic heterocycles. The first-order chi connectivity index (χ1) is 13.1. The average Bonchev–Trinajstić information content (AvgIpc) is 2.69. The molecule has 0 saturated heterocycles. The number of aromatic nitrogens is 1. The molecule has 2 amide bonds. The van der Waals surface area contributed by atoms with Gasteiger partial charge in [-0.25, -0.2) is 4.98 Å². The molecule has 0 bridgehead atoms. The highest BCUT2D eigenvalue weighted by atomic mass is 79.9. The SMILES string of the molecule is COc1ccccc1C(=O)Nc1cccc(C(=O)Nc2ccc(Br)cn2)c1. The number of hydrogen-bond acceptors (Lipinski definition) is 4. The van der Waals surface area contributed by atoms with Gasteiger partial charge in [0.05, 0.1) is 12.7 Å². The number of ether oxygens (including phenoxy) is 1. The van der Waals surface area contributed by atoms with Gasteiger partial charge < -0.3 is 15.4 Å². The van der Waals surface area contributed by atoms with Gasteiger partial charge in [0.2, 0.25) is 0 Å². The molecule has 0 aliphatic heterocycles. The van der Waals surface area contributed by atoms with E-state index in [1.807, 2.05) is 0 Å². The number of benzene rings is 2. The van der Waals surface area contributed by atoms with Crippen LogP contribution in [0.15, 0.2) is 71.3 Å². The lowest BCUT2D eigenvalue weighted by Crippen LogP contribution is -2.15. The lowest BCUT2D eigenvalue weighted by molar-refractivity contribution is 0.101. The van der Waals surface area contributed by atoms with Crippen LogP contribution in [0.5, 0.6) is 5.75 Å². The molecule has 136 valence electrons. The van der Waals surface area contributed by atoms with E-state index in [9.17, 15) is 9.59 Å². The Balaban J connectivity index is 1.74. The second-order valence-corrected chi connectivity index (χ2v) is 6.47. The zero-order valence-corrected chi connectivity index (χ0v) is 16.0. The highest BCUT2D eigenvalue weighted by Gasteiger charge is 2.13. The van der Waals surface area contributed by atoms with E-state index in [2.05, 4.69) is 31.5 Å². The lowest BCUT2D eigenvalue weighted by Gasteiger charge is -2.10. The van der Waals surface area contributed by atoms with Gasteiger partial charge >= 0.3 is 0 Å². The number of pyridine rings is 1. The maximum atomic E-state index is 12.5. The number of nitrogens with zero attached hydrogens (tertiary/aromatic N) is 1. The molecule has 3 aromatic rings. The van der Waals surface area contributed by atoms with Crippen LogP contribution in [0.2, 0.25) is 0 Å². The number of para-hydroxylation sites is 1. The van der Waals surface area contributed by atoms with E-state index in [4.69, 9.17) is 4.74 Å². The molecule has 0 aliphatic rings. The fourth-order valence-corrected chi connectivity index (χ4v) is 2.64. The van der Waals surface area contributed by atoms with Crippen LogP contribution in [-0.2, 0) is 0 Å². The van der Waals surface area contributed by atoms with E-state index in [0.717, 1.165) is 4.47 Å². The molecule has 6 nitrogen and oxygen atoms in total. The fraction of sp³-hybridized carbons (Fsp3) is 0.0500. The summed E-state index contributed by atoms with van der Waals surface area (Å²) in [4.78, 5) is 29.0. The van der Waals surface area contributed by atoms with Crippen molar-refractivity contribution in [2.75, 3.05) is 17.7 Å². The molecular formula is C20H16BrN3O3. The normalized spacial score (nSPS) is 10.1. The van der Waals surface area contributed by atoms with E-state index >= 15 is 0 Å². The Morgan fingerprint density at radius 1 is 0.963 bits per heavy atom. The summed E-state index contributed by atoms with van der Waals surface area (Å²) in [6.07, 6.45) is 1.60. The smallest absolute Gasteiger partial charge is 0.259 e. The molecule has 2 aromatic carbocycles. The molecule has 3 rings (SSSR count). The Labute approximate surface area is 164 Å². The summed E-state index contributed by atoms with van der Waals surface area (Å²) in [5.41, 5.74) is 1.31. The van der Waals surface area contributed by atoms with E-state index in [1.54, 1.807) is 66.9 Å². The van der Waals surface area contributed by atoms with Crippen LogP contribution in [-0.4, -0.2) is 23.9 Å². The Morgan fingerprint density at radius 3 is 2.52 bits per heavy atom. The average molecular weight is 426 g/mol. The number of hydrogen-bond donors (Lipinski definition) is 2. The van der Waals surface area contributed by atoms with Crippen LogP contribution >= 0.6 is 15.9 Å². The van der Waals surface area contributed by atoms with Crippen LogP contribution in [0.3, 0.4) is 0 Å². The first-order valence-electron chi connectivity index (χ1n) is 8.04. The highest BCUT2D eigenvalue weighted by molar-refractivity contribution is 9.10. The van der Waals surface area contributed by atoms with Crippen LogP contribution in [0.1, 0.15) is 20.7 Å². The summed E-state index contributed by atoms with van der Waals surface area (Å²) in [7, 11) is 1.51. The van der Waals surface area contributed by atoms with Gasteiger partial charge in [0.25, 0.3) is 11.8 Å². The van der Waals surface area contributed by atoms with E-state index in [0.29, 0.717) is 28.4 Å². The molecule has 0 radical (unpaired) electrons. The Kier molecular flexibility index (Phi) is 5.83. The lowest BCUT2D eigenvalue weighted by atomic mass is 10.1. The number of carbonyl (C=O) groups excluding carboxylic acids is 2. The minimum atomic E-state index is -0.321. The maximum Gasteiger partial charge on any atom is 0.259 e. The van der Waals surface area contributed by atoms with E-state index in [1.165, 1.54) is 7.11 Å². The third-order valence-corrected chi connectivity index (χ3v) is 4.17. The first kappa shape index (κ1) is 18.6. The quantitative estimate of drug-likeness (QED) is 0.636. The Morgan fingerprint density at radius 2 is 1.78 bits per heavy atom. The zero-order chi connectivity index (χ0) is 19.2. The third-order valence-electron chi connectivity index (χ3n) is 3.70. The van der Waals surface area contributed by atoms with Crippen molar-refractivity contribution in [1.29, 1.82) is 0 Å². The molecule has 27 heavy (non-hydrogen) atoms. The first-order valence-corrected chi connectivity index (χ1v) is 8.83. The van der Waals surface area contributed by atoms with Gasteiger partial charge in [0, 0.05) is 21.9 Å². The summed E-state index contributed by atoms with van der Waals surface area (Å²) >= 11 is 3.29. The van der Waals surface area contributed by atoms with Crippen LogP contribution < -0.4 is 15.4 Å². The topological polar surface area (TPSA) is 80.3 Å². The molecule has 0 spiro atoms. The third kappa shape index (κ3) is 4.71. The van der Waals surface area contributed by atoms with Crippen molar-refractivity contribution >= 4 is 39.2 Å². The second kappa shape index (κ2) is 8.46. The van der Waals surface area contributed by atoms with Gasteiger partial charge in [-0.15, -0.1) is 0 Å². The van der Waals surface area contributed by atoms with Gasteiger partial charge in [0.15, 0.2) is 0 Å². The summed E-state index contributed by atoms with van der Waals surface area (Å²) in [5, 5.41) is 5.49. The van der Waals surface area contributed by atoms with Crippen molar-refractivity contribution in [2.45, 2.75) is 0 Å². The predicted molar refractivity (Wildman–Crippen MR) is 107 cm³/mol. The van der Waals surface area contributed by atoms with E-state index in [-0.39, 0.29) is 11.8 Å². The summed E-state index contributed by atoms with van der Waals surface area (Å²) < 4.78 is 6.03. The highest BCUT2D eigenvalue weighted by Crippen LogP contribution is 2.20. The molecular weight excluding hydrogens is 410 g/mol. The molecule has 0 atom stereocenters. The molecule has 0 aliphatic carbocycles. The molecule has 0 unspecified atom stereocenters. The minimum absolute atomic E-state index is 0.320. The predicted octanol–water partition coefficient (Wildman–Crippen LogP) is 4.36. The van der Waals surface area contributed by atoms with Gasteiger partial charge in [-0.2, -0.15) is 0 Å². The molecule has 2 N–H and O–H groups in total. The summed E-state index contributed by atoms with van der Waals surface area (Å²) in [6, 6.07) is 17.1. The standard InChI is InChI=1S/C20H16BrN3O3/c1-27-17-8-3-2-7-16(17)20(26)23-15-6-4-5-13(11-15)19(25)24-18-10-9-14(21)12-22-18/h2-12H,1H3,(H,23,26)(H,22,24,25). The van der Waals surface area contributed by atoms with Gasteiger partial charge in [0.1, 0.15) is 11.6 Å². The number of methoxy groups -OCH3 is 1. The van der Waals surface area contributed by atoms with Crippen molar-refractivity contribution in [1.82, 2.24) is 4.98 Å². The number of halogens is 1. The monoisotopic (exact) mass is 425 g/mol. The molecule has 1 heterocycles. The van der Waals surface area contributed by atoms with Crippen molar-refractivity contribution in [2.24, 2.45) is 0 Å². The van der Waals surface area contributed by atoms with Crippen molar-refractivity contribution in [3.8, 4) is 5.75 Å². The molecule has 7 heteroatoms. The van der Waals surface area contributed by atoms with Crippen molar-refractivity contribution in [3.63, 3.8) is 0 Å². The molecule has 0 saturated carbocycles. The van der Waals surface area contributed by atoms with Gasteiger partial charge in [-0.1, -0.05) is 18.2 Å². The number of rotatable bonds is 5. The fourth-order valence-electron chi connectivity index (χ4n) is 2.41. The minimum Gasteiger partial charge on any atom is -0.496 e.